The summed E-state index contributed by atoms with van der Waals surface area (Å²) in [7, 11) is 0. The molecular formula is C18H16ClF3N2O. The van der Waals surface area contributed by atoms with Crippen LogP contribution in [0, 0.1) is 0 Å². The number of benzene rings is 2. The highest BCUT2D eigenvalue weighted by molar-refractivity contribution is 6.32. The van der Waals surface area contributed by atoms with Gasteiger partial charge < -0.3 is 9.30 Å². The van der Waals surface area contributed by atoms with E-state index in [1.54, 1.807) is 42.5 Å². The van der Waals surface area contributed by atoms with Gasteiger partial charge in [-0.3, -0.25) is 0 Å². The number of nitrogens with zero attached hydrogens (tertiary/aromatic N) is 2. The number of fused-ring (bicyclic) bond motifs is 1. The van der Waals surface area contributed by atoms with Crippen LogP contribution in [-0.4, -0.2) is 16.2 Å². The van der Waals surface area contributed by atoms with Crippen LogP contribution in [0.4, 0.5) is 13.2 Å². The summed E-state index contributed by atoms with van der Waals surface area (Å²) in [5, 5.41) is 0.516. The van der Waals surface area contributed by atoms with Crippen molar-refractivity contribution in [3.63, 3.8) is 0 Å². The summed E-state index contributed by atoms with van der Waals surface area (Å²) >= 11 is 5.99. The highest BCUT2D eigenvalue weighted by atomic mass is 35.5. The predicted octanol–water partition coefficient (Wildman–Crippen LogP) is 5.57. The fourth-order valence-corrected chi connectivity index (χ4v) is 2.82. The van der Waals surface area contributed by atoms with Gasteiger partial charge in [0.05, 0.1) is 22.7 Å². The Labute approximate surface area is 148 Å². The van der Waals surface area contributed by atoms with Crippen molar-refractivity contribution in [2.45, 2.75) is 25.6 Å². The number of para-hydroxylation sites is 3. The lowest BCUT2D eigenvalue weighted by Crippen LogP contribution is -2.15. The summed E-state index contributed by atoms with van der Waals surface area (Å²) in [5.74, 6) is -0.283. The van der Waals surface area contributed by atoms with E-state index in [4.69, 9.17) is 16.3 Å². The largest absolute Gasteiger partial charge is 0.492 e. The molecule has 0 aliphatic heterocycles. The van der Waals surface area contributed by atoms with Crippen LogP contribution in [0.3, 0.4) is 0 Å². The van der Waals surface area contributed by atoms with Crippen molar-refractivity contribution in [1.82, 2.24) is 9.55 Å². The maximum Gasteiger partial charge on any atom is 0.449 e. The van der Waals surface area contributed by atoms with Crippen LogP contribution in [0.1, 0.15) is 18.7 Å². The molecule has 0 fully saturated rings. The first-order valence-corrected chi connectivity index (χ1v) is 8.24. The van der Waals surface area contributed by atoms with Gasteiger partial charge in [-0.25, -0.2) is 4.98 Å². The quantitative estimate of drug-likeness (QED) is 0.532. The van der Waals surface area contributed by atoms with Crippen LogP contribution in [-0.2, 0) is 12.7 Å². The number of halogens is 4. The topological polar surface area (TPSA) is 27.1 Å². The van der Waals surface area contributed by atoms with Crippen molar-refractivity contribution < 1.29 is 17.9 Å². The molecule has 2 aromatic carbocycles. The van der Waals surface area contributed by atoms with Gasteiger partial charge >= 0.3 is 6.18 Å². The second-order valence-corrected chi connectivity index (χ2v) is 5.97. The molecule has 0 spiro atoms. The van der Waals surface area contributed by atoms with Gasteiger partial charge in [0.25, 0.3) is 0 Å². The van der Waals surface area contributed by atoms with Crippen LogP contribution in [0.5, 0.6) is 5.75 Å². The van der Waals surface area contributed by atoms with Gasteiger partial charge in [0.15, 0.2) is 0 Å². The minimum absolute atomic E-state index is 0.223. The van der Waals surface area contributed by atoms with Gasteiger partial charge in [-0.05, 0) is 37.1 Å². The van der Waals surface area contributed by atoms with E-state index in [9.17, 15) is 13.2 Å². The van der Waals surface area contributed by atoms with E-state index in [-0.39, 0.29) is 6.54 Å². The zero-order chi connectivity index (χ0) is 17.9. The monoisotopic (exact) mass is 368 g/mol. The number of aryl methyl sites for hydroxylation is 1. The molecule has 3 rings (SSSR count). The first-order valence-electron chi connectivity index (χ1n) is 7.86. The Bertz CT molecular complexity index is 861. The highest BCUT2D eigenvalue weighted by Crippen LogP contribution is 2.31. The molecular weight excluding hydrogens is 353 g/mol. The number of hydrogen-bond acceptors (Lipinski definition) is 2. The molecule has 0 aliphatic rings. The lowest BCUT2D eigenvalue weighted by atomic mass is 10.3. The molecule has 0 saturated carbocycles. The summed E-state index contributed by atoms with van der Waals surface area (Å²) in [4.78, 5) is 3.73. The van der Waals surface area contributed by atoms with E-state index in [1.165, 1.54) is 4.57 Å². The van der Waals surface area contributed by atoms with Crippen LogP contribution < -0.4 is 4.74 Å². The average Bonchev–Trinajstić information content (AvgIpc) is 2.95. The number of unbranched alkanes of at least 4 members (excludes halogenated alkanes) is 1. The van der Waals surface area contributed by atoms with Crippen molar-refractivity contribution >= 4 is 22.6 Å². The summed E-state index contributed by atoms with van der Waals surface area (Å²) in [6, 6.07) is 13.7. The van der Waals surface area contributed by atoms with Crippen molar-refractivity contribution in [3.05, 3.63) is 59.4 Å². The molecule has 0 amide bonds. The van der Waals surface area contributed by atoms with Crippen molar-refractivity contribution in [1.29, 1.82) is 0 Å². The maximum atomic E-state index is 13.2. The zero-order valence-electron chi connectivity index (χ0n) is 13.3. The number of ether oxygens (including phenoxy) is 1. The molecule has 1 aromatic heterocycles. The third kappa shape index (κ3) is 4.07. The fraction of sp³-hybridized carbons (Fsp3) is 0.278. The fourth-order valence-electron chi connectivity index (χ4n) is 2.63. The average molecular weight is 369 g/mol. The molecule has 7 heteroatoms. The molecule has 0 radical (unpaired) electrons. The number of rotatable bonds is 6. The summed E-state index contributed by atoms with van der Waals surface area (Å²) in [5.41, 5.74) is 0.837. The van der Waals surface area contributed by atoms with Gasteiger partial charge in [0, 0.05) is 6.54 Å². The Morgan fingerprint density at radius 2 is 1.72 bits per heavy atom. The Hall–Kier alpha value is -2.21. The smallest absolute Gasteiger partial charge is 0.449 e. The van der Waals surface area contributed by atoms with Crippen LogP contribution in [0.15, 0.2) is 48.5 Å². The molecule has 132 valence electrons. The summed E-state index contributed by atoms with van der Waals surface area (Å²) in [6.07, 6.45) is -3.34. The van der Waals surface area contributed by atoms with Gasteiger partial charge in [-0.1, -0.05) is 35.9 Å². The Morgan fingerprint density at radius 3 is 2.48 bits per heavy atom. The Kier molecular flexibility index (Phi) is 5.18. The van der Waals surface area contributed by atoms with Crippen molar-refractivity contribution in [2.24, 2.45) is 0 Å². The van der Waals surface area contributed by atoms with E-state index in [0.717, 1.165) is 0 Å². The molecule has 0 aliphatic carbocycles. The van der Waals surface area contributed by atoms with E-state index in [2.05, 4.69) is 4.98 Å². The SMILES string of the molecule is FC(F)(F)c1nc2ccccc2n1CCCCOc1ccccc1Cl. The van der Waals surface area contributed by atoms with E-state index >= 15 is 0 Å². The summed E-state index contributed by atoms with van der Waals surface area (Å²) in [6.45, 7) is 0.610. The standard InChI is InChI=1S/C18H16ClF3N2O/c19-13-7-1-4-10-16(13)25-12-6-5-11-24-15-9-3-2-8-14(15)23-17(24)18(20,21)22/h1-4,7-10H,5-6,11-12H2. The van der Waals surface area contributed by atoms with Crippen molar-refractivity contribution in [3.8, 4) is 5.75 Å². The number of imidazole rings is 1. The molecule has 0 atom stereocenters. The van der Waals surface area contributed by atoms with Gasteiger partial charge in [0.1, 0.15) is 5.75 Å². The van der Waals surface area contributed by atoms with Crippen molar-refractivity contribution in [2.75, 3.05) is 6.61 Å². The van der Waals surface area contributed by atoms with Gasteiger partial charge in [-0.15, -0.1) is 0 Å². The van der Waals surface area contributed by atoms with Gasteiger partial charge in [0.2, 0.25) is 5.82 Å². The molecule has 0 unspecified atom stereocenters. The van der Waals surface area contributed by atoms with Crippen LogP contribution >= 0.6 is 11.6 Å². The Balaban J connectivity index is 1.64. The number of alkyl halides is 3. The second-order valence-electron chi connectivity index (χ2n) is 5.56. The second kappa shape index (κ2) is 7.35. The van der Waals surface area contributed by atoms with Crippen LogP contribution in [0.25, 0.3) is 11.0 Å². The molecule has 1 heterocycles. The highest BCUT2D eigenvalue weighted by Gasteiger charge is 2.37. The summed E-state index contributed by atoms with van der Waals surface area (Å²) < 4.78 is 46.4. The minimum atomic E-state index is -4.48. The van der Waals surface area contributed by atoms with E-state index in [1.807, 2.05) is 6.07 Å². The molecule has 0 N–H and O–H groups in total. The predicted molar refractivity (Wildman–Crippen MR) is 90.9 cm³/mol. The van der Waals surface area contributed by atoms with Gasteiger partial charge in [-0.2, -0.15) is 13.2 Å². The molecule has 3 nitrogen and oxygen atoms in total. The van der Waals surface area contributed by atoms with E-state index in [0.29, 0.717) is 41.3 Å². The lowest BCUT2D eigenvalue weighted by Gasteiger charge is -2.12. The van der Waals surface area contributed by atoms with E-state index < -0.39 is 12.0 Å². The molecule has 0 bridgehead atoms. The molecule has 0 saturated heterocycles. The molecule has 3 aromatic rings. The first kappa shape index (κ1) is 17.6. The third-order valence-electron chi connectivity index (χ3n) is 3.78. The first-order chi connectivity index (χ1) is 12.0. The maximum absolute atomic E-state index is 13.2. The lowest BCUT2D eigenvalue weighted by molar-refractivity contribution is -0.147. The third-order valence-corrected chi connectivity index (χ3v) is 4.09. The van der Waals surface area contributed by atoms with Crippen LogP contribution in [0.2, 0.25) is 5.02 Å². The minimum Gasteiger partial charge on any atom is -0.492 e. The normalized spacial score (nSPS) is 11.8. The zero-order valence-corrected chi connectivity index (χ0v) is 14.0. The number of hydrogen-bond donors (Lipinski definition) is 0. The molecule has 25 heavy (non-hydrogen) atoms. The number of aromatic nitrogens is 2. The Morgan fingerprint density at radius 1 is 1.00 bits per heavy atom.